The normalized spacial score (nSPS) is 16.6. The van der Waals surface area contributed by atoms with Crippen molar-refractivity contribution in [2.75, 3.05) is 0 Å². The first-order chi connectivity index (χ1) is 12.1. The van der Waals surface area contributed by atoms with Crippen molar-refractivity contribution in [3.05, 3.63) is 82.9 Å². The zero-order valence-electron chi connectivity index (χ0n) is 13.5. The number of ether oxygens (including phenoxy) is 1. The van der Waals surface area contributed by atoms with E-state index in [2.05, 4.69) is 5.10 Å². The third-order valence-corrected chi connectivity index (χ3v) is 4.33. The Hall–Kier alpha value is -2.85. The first-order valence-electron chi connectivity index (χ1n) is 7.91. The molecule has 0 fully saturated rings. The van der Waals surface area contributed by atoms with Crippen molar-refractivity contribution >= 4 is 34.2 Å². The van der Waals surface area contributed by atoms with Gasteiger partial charge in [0.25, 0.3) is 0 Å². The van der Waals surface area contributed by atoms with Gasteiger partial charge in [0.2, 0.25) is 18.0 Å². The van der Waals surface area contributed by atoms with Gasteiger partial charge in [-0.3, -0.25) is 4.79 Å². The molecule has 3 aromatic rings. The van der Waals surface area contributed by atoms with Gasteiger partial charge >= 0.3 is 0 Å². The molecule has 1 aliphatic heterocycles. The number of nitrogens with zero attached hydrogens (tertiary/aromatic N) is 2. The van der Waals surface area contributed by atoms with E-state index in [1.165, 1.54) is 11.9 Å². The molecule has 0 saturated carbocycles. The van der Waals surface area contributed by atoms with E-state index in [-0.39, 0.29) is 5.91 Å². The van der Waals surface area contributed by atoms with Crippen molar-refractivity contribution in [1.29, 1.82) is 0 Å². The number of benzene rings is 3. The van der Waals surface area contributed by atoms with Gasteiger partial charge in [0.05, 0.1) is 0 Å². The van der Waals surface area contributed by atoms with E-state index in [1.54, 1.807) is 12.1 Å². The number of amides is 1. The molecule has 1 heterocycles. The maximum atomic E-state index is 12.0. The second-order valence-electron chi connectivity index (χ2n) is 5.86. The maximum absolute atomic E-state index is 12.0. The van der Waals surface area contributed by atoms with Gasteiger partial charge in [0.1, 0.15) is 0 Å². The summed E-state index contributed by atoms with van der Waals surface area (Å²) < 4.78 is 6.01. The number of carbonyl (C=O) groups is 1. The maximum Gasteiger partial charge on any atom is 0.243 e. The highest BCUT2D eigenvalue weighted by molar-refractivity contribution is 6.30. The minimum atomic E-state index is -0.613. The Labute approximate surface area is 150 Å². The van der Waals surface area contributed by atoms with Crippen LogP contribution in [0.4, 0.5) is 0 Å². The molecule has 4 rings (SSSR count). The second kappa shape index (κ2) is 6.22. The lowest BCUT2D eigenvalue weighted by atomic mass is 10.1. The van der Waals surface area contributed by atoms with Crippen molar-refractivity contribution in [2.45, 2.75) is 13.2 Å². The van der Waals surface area contributed by atoms with Crippen LogP contribution in [-0.4, -0.2) is 16.8 Å². The van der Waals surface area contributed by atoms with Crippen molar-refractivity contribution in [1.82, 2.24) is 5.01 Å². The molecule has 1 atom stereocenters. The van der Waals surface area contributed by atoms with Gasteiger partial charge in [-0.05, 0) is 35.0 Å². The number of rotatable bonds is 2. The molecule has 0 radical (unpaired) electrons. The third kappa shape index (κ3) is 2.96. The van der Waals surface area contributed by atoms with Crippen LogP contribution in [0.1, 0.15) is 24.3 Å². The number of hydrogen-bond acceptors (Lipinski definition) is 3. The fourth-order valence-electron chi connectivity index (χ4n) is 2.88. The Morgan fingerprint density at radius 1 is 1.04 bits per heavy atom. The number of fused-ring (bicyclic) bond motifs is 1. The number of hydrogen-bond donors (Lipinski definition) is 0. The summed E-state index contributed by atoms with van der Waals surface area (Å²) in [6.45, 7) is 1.47. The molecule has 0 aromatic heterocycles. The molecule has 0 bridgehead atoms. The smallest absolute Gasteiger partial charge is 0.243 e. The highest BCUT2D eigenvalue weighted by Gasteiger charge is 2.33. The van der Waals surface area contributed by atoms with Crippen LogP contribution < -0.4 is 0 Å². The Morgan fingerprint density at radius 2 is 1.84 bits per heavy atom. The molecular formula is C20H15ClN2O2. The Bertz CT molecular complexity index is 1000. The van der Waals surface area contributed by atoms with Gasteiger partial charge in [-0.1, -0.05) is 54.1 Å². The van der Waals surface area contributed by atoms with Crippen LogP contribution in [0.5, 0.6) is 0 Å². The van der Waals surface area contributed by atoms with Crippen LogP contribution in [0.3, 0.4) is 0 Å². The SMILES string of the molecule is CC(=O)N1N=C(c2ccc3ccccc3c2)O[C@@H]1c1cccc(Cl)c1. The van der Waals surface area contributed by atoms with Crippen molar-refractivity contribution in [3.8, 4) is 0 Å². The summed E-state index contributed by atoms with van der Waals surface area (Å²) in [6, 6.07) is 21.3. The monoisotopic (exact) mass is 350 g/mol. The minimum Gasteiger partial charge on any atom is -0.446 e. The molecule has 0 aliphatic carbocycles. The summed E-state index contributed by atoms with van der Waals surface area (Å²) >= 11 is 6.07. The van der Waals surface area contributed by atoms with E-state index < -0.39 is 6.23 Å². The molecule has 0 unspecified atom stereocenters. The fourth-order valence-corrected chi connectivity index (χ4v) is 3.08. The van der Waals surface area contributed by atoms with E-state index in [0.29, 0.717) is 10.9 Å². The van der Waals surface area contributed by atoms with Crippen LogP contribution in [0.25, 0.3) is 10.8 Å². The highest BCUT2D eigenvalue weighted by Crippen LogP contribution is 2.32. The quantitative estimate of drug-likeness (QED) is 0.670. The molecule has 25 heavy (non-hydrogen) atoms. The average molecular weight is 351 g/mol. The molecule has 4 nitrogen and oxygen atoms in total. The predicted molar refractivity (Wildman–Crippen MR) is 98.3 cm³/mol. The van der Waals surface area contributed by atoms with E-state index in [4.69, 9.17) is 16.3 Å². The van der Waals surface area contributed by atoms with Crippen molar-refractivity contribution in [3.63, 3.8) is 0 Å². The zero-order chi connectivity index (χ0) is 17.4. The molecule has 1 aliphatic rings. The van der Waals surface area contributed by atoms with Crippen molar-refractivity contribution < 1.29 is 9.53 Å². The average Bonchev–Trinajstić information content (AvgIpc) is 3.07. The van der Waals surface area contributed by atoms with Crippen molar-refractivity contribution in [2.24, 2.45) is 5.10 Å². The van der Waals surface area contributed by atoms with Crippen LogP contribution in [0.15, 0.2) is 71.8 Å². The van der Waals surface area contributed by atoms with Crippen LogP contribution in [-0.2, 0) is 9.53 Å². The summed E-state index contributed by atoms with van der Waals surface area (Å²) in [5.74, 6) is 0.228. The topological polar surface area (TPSA) is 41.9 Å². The molecule has 0 N–H and O–H groups in total. The first kappa shape index (κ1) is 15.7. The predicted octanol–water partition coefficient (Wildman–Crippen LogP) is 4.73. The first-order valence-corrected chi connectivity index (χ1v) is 8.29. The van der Waals surface area contributed by atoms with E-state index >= 15 is 0 Å². The molecule has 5 heteroatoms. The van der Waals surface area contributed by atoms with Gasteiger partial charge in [0, 0.05) is 23.1 Å². The summed E-state index contributed by atoms with van der Waals surface area (Å²) in [6.07, 6.45) is -0.613. The second-order valence-corrected chi connectivity index (χ2v) is 6.29. The number of carbonyl (C=O) groups excluding carboxylic acids is 1. The molecule has 1 amide bonds. The van der Waals surface area contributed by atoms with Crippen LogP contribution in [0.2, 0.25) is 5.02 Å². The van der Waals surface area contributed by atoms with E-state index in [1.807, 2.05) is 54.6 Å². The summed E-state index contributed by atoms with van der Waals surface area (Å²) in [7, 11) is 0. The van der Waals surface area contributed by atoms with Gasteiger partial charge in [-0.15, -0.1) is 5.10 Å². The Morgan fingerprint density at radius 3 is 2.60 bits per heavy atom. The highest BCUT2D eigenvalue weighted by atomic mass is 35.5. The van der Waals surface area contributed by atoms with Gasteiger partial charge in [-0.25, -0.2) is 0 Å². The molecular weight excluding hydrogens is 336 g/mol. The molecule has 0 spiro atoms. The lowest BCUT2D eigenvalue weighted by Gasteiger charge is -2.19. The van der Waals surface area contributed by atoms with Crippen LogP contribution >= 0.6 is 11.6 Å². The summed E-state index contributed by atoms with van der Waals surface area (Å²) in [4.78, 5) is 12.0. The number of hydrazone groups is 1. The molecule has 124 valence electrons. The largest absolute Gasteiger partial charge is 0.446 e. The number of halogens is 1. The zero-order valence-corrected chi connectivity index (χ0v) is 14.3. The summed E-state index contributed by atoms with van der Waals surface area (Å²) in [5.41, 5.74) is 1.61. The molecule has 0 saturated heterocycles. The van der Waals surface area contributed by atoms with E-state index in [9.17, 15) is 4.79 Å². The van der Waals surface area contributed by atoms with Gasteiger partial charge < -0.3 is 4.74 Å². The van der Waals surface area contributed by atoms with Gasteiger partial charge in [0.15, 0.2) is 0 Å². The van der Waals surface area contributed by atoms with Gasteiger partial charge in [-0.2, -0.15) is 5.01 Å². The Kier molecular flexibility index (Phi) is 3.90. The van der Waals surface area contributed by atoms with Crippen LogP contribution in [0, 0.1) is 0 Å². The lowest BCUT2D eigenvalue weighted by molar-refractivity contribution is -0.135. The standard InChI is InChI=1S/C20H15ClN2O2/c1-13(24)23-20(17-7-4-8-18(21)12-17)25-19(22-23)16-10-9-14-5-2-3-6-15(14)11-16/h2-12,20H,1H3/t20-/m1/s1. The van der Waals surface area contributed by atoms with E-state index in [0.717, 1.165) is 21.9 Å². The minimum absolute atomic E-state index is 0.194. The third-order valence-electron chi connectivity index (χ3n) is 4.10. The molecule has 3 aromatic carbocycles. The fraction of sp³-hybridized carbons (Fsp3) is 0.100. The summed E-state index contributed by atoms with van der Waals surface area (Å²) in [5, 5.41) is 8.55. The Balaban J connectivity index is 1.72. The lowest BCUT2D eigenvalue weighted by Crippen LogP contribution is -2.25.